The van der Waals surface area contributed by atoms with Crippen molar-refractivity contribution in [2.75, 3.05) is 0 Å². The lowest BCUT2D eigenvalue weighted by molar-refractivity contribution is 0.149. The van der Waals surface area contributed by atoms with Gasteiger partial charge in [0.15, 0.2) is 11.9 Å². The van der Waals surface area contributed by atoms with Crippen LogP contribution in [0.1, 0.15) is 30.5 Å². The molecule has 0 spiro atoms. The lowest BCUT2D eigenvalue weighted by Crippen LogP contribution is -2.16. The standard InChI is InChI=1S/C23H21FN2O2/c1-16(28-19-7-3-2-4-8-19)23-25-20-9-5-6-10-21(20)26(23)15-22(27)17-11-13-18(24)14-12-17/h2-14,16,22,27H,15H2,1H3/t16-,22+/m0/s1. The van der Waals surface area contributed by atoms with E-state index in [1.54, 1.807) is 12.1 Å². The number of hydrogen-bond donors (Lipinski definition) is 1. The zero-order chi connectivity index (χ0) is 19.5. The Morgan fingerprint density at radius 1 is 0.964 bits per heavy atom. The maximum atomic E-state index is 13.2. The first-order chi connectivity index (χ1) is 13.6. The van der Waals surface area contributed by atoms with Crippen molar-refractivity contribution in [3.8, 4) is 5.75 Å². The van der Waals surface area contributed by atoms with Crippen LogP contribution in [0.4, 0.5) is 4.39 Å². The molecule has 3 aromatic carbocycles. The topological polar surface area (TPSA) is 47.3 Å². The first-order valence-corrected chi connectivity index (χ1v) is 9.22. The van der Waals surface area contributed by atoms with Gasteiger partial charge in [-0.2, -0.15) is 0 Å². The van der Waals surface area contributed by atoms with Gasteiger partial charge in [0, 0.05) is 0 Å². The molecular formula is C23H21FN2O2. The Balaban J connectivity index is 1.67. The molecule has 4 rings (SSSR count). The molecule has 0 radical (unpaired) electrons. The quantitative estimate of drug-likeness (QED) is 0.512. The maximum absolute atomic E-state index is 13.2. The van der Waals surface area contributed by atoms with Crippen LogP contribution in [0.3, 0.4) is 0 Å². The Hall–Kier alpha value is -3.18. The fourth-order valence-corrected chi connectivity index (χ4v) is 3.32. The smallest absolute Gasteiger partial charge is 0.153 e. The predicted molar refractivity (Wildman–Crippen MR) is 107 cm³/mol. The zero-order valence-electron chi connectivity index (χ0n) is 15.5. The molecular weight excluding hydrogens is 355 g/mol. The Kier molecular flexibility index (Phi) is 5.08. The molecule has 4 aromatic rings. The molecule has 0 bridgehead atoms. The molecule has 5 heteroatoms. The molecule has 142 valence electrons. The number of rotatable bonds is 6. The third-order valence-corrected chi connectivity index (χ3v) is 4.71. The van der Waals surface area contributed by atoms with Gasteiger partial charge in [-0.3, -0.25) is 0 Å². The van der Waals surface area contributed by atoms with Crippen LogP contribution < -0.4 is 4.74 Å². The first kappa shape index (κ1) is 18.2. The van der Waals surface area contributed by atoms with Crippen molar-refractivity contribution in [2.45, 2.75) is 25.7 Å². The average Bonchev–Trinajstić information content (AvgIpc) is 3.08. The van der Waals surface area contributed by atoms with Crippen molar-refractivity contribution in [2.24, 2.45) is 0 Å². The molecule has 0 saturated heterocycles. The van der Waals surface area contributed by atoms with Crippen molar-refractivity contribution in [3.05, 3.63) is 96.1 Å². The van der Waals surface area contributed by atoms with E-state index in [2.05, 4.69) is 0 Å². The summed E-state index contributed by atoms with van der Waals surface area (Å²) >= 11 is 0. The van der Waals surface area contributed by atoms with Crippen LogP contribution in [0.5, 0.6) is 5.75 Å². The minimum absolute atomic E-state index is 0.296. The summed E-state index contributed by atoms with van der Waals surface area (Å²) in [7, 11) is 0. The van der Waals surface area contributed by atoms with Gasteiger partial charge in [0.25, 0.3) is 0 Å². The maximum Gasteiger partial charge on any atom is 0.153 e. The molecule has 1 heterocycles. The number of aliphatic hydroxyl groups excluding tert-OH is 1. The minimum Gasteiger partial charge on any atom is -0.483 e. The van der Waals surface area contributed by atoms with Gasteiger partial charge < -0.3 is 14.4 Å². The third kappa shape index (κ3) is 3.75. The molecule has 1 N–H and O–H groups in total. The Labute approximate surface area is 162 Å². The fourth-order valence-electron chi connectivity index (χ4n) is 3.32. The predicted octanol–water partition coefficient (Wildman–Crippen LogP) is 5.05. The molecule has 2 atom stereocenters. The van der Waals surface area contributed by atoms with E-state index in [-0.39, 0.29) is 11.9 Å². The highest BCUT2D eigenvalue weighted by molar-refractivity contribution is 5.76. The Bertz CT molecular complexity index is 1060. The van der Waals surface area contributed by atoms with Crippen molar-refractivity contribution in [1.29, 1.82) is 0 Å². The highest BCUT2D eigenvalue weighted by Gasteiger charge is 2.20. The average molecular weight is 376 g/mol. The van der Waals surface area contributed by atoms with Crippen LogP contribution in [0, 0.1) is 5.82 Å². The van der Waals surface area contributed by atoms with Gasteiger partial charge in [0.1, 0.15) is 11.6 Å². The van der Waals surface area contributed by atoms with Gasteiger partial charge >= 0.3 is 0 Å². The van der Waals surface area contributed by atoms with Crippen molar-refractivity contribution < 1.29 is 14.2 Å². The monoisotopic (exact) mass is 376 g/mol. The summed E-state index contributed by atoms with van der Waals surface area (Å²) in [6, 6.07) is 23.3. The summed E-state index contributed by atoms with van der Waals surface area (Å²) < 4.78 is 21.2. The molecule has 0 amide bonds. The SMILES string of the molecule is C[C@H](Oc1ccccc1)c1nc2ccccc2n1C[C@@H](O)c1ccc(F)cc1. The van der Waals surface area contributed by atoms with Gasteiger partial charge in [-0.15, -0.1) is 0 Å². The van der Waals surface area contributed by atoms with E-state index >= 15 is 0 Å². The van der Waals surface area contributed by atoms with E-state index in [0.29, 0.717) is 12.1 Å². The lowest BCUT2D eigenvalue weighted by atomic mass is 10.1. The molecule has 0 aliphatic rings. The van der Waals surface area contributed by atoms with Crippen LogP contribution in [0.2, 0.25) is 0 Å². The van der Waals surface area contributed by atoms with Gasteiger partial charge in [0.05, 0.1) is 23.7 Å². The number of halogens is 1. The fraction of sp³-hybridized carbons (Fsp3) is 0.174. The van der Waals surface area contributed by atoms with Crippen molar-refractivity contribution in [1.82, 2.24) is 9.55 Å². The lowest BCUT2D eigenvalue weighted by Gasteiger charge is -2.19. The highest BCUT2D eigenvalue weighted by Crippen LogP contribution is 2.27. The van der Waals surface area contributed by atoms with E-state index < -0.39 is 6.10 Å². The summed E-state index contributed by atoms with van der Waals surface area (Å²) in [5.41, 5.74) is 2.41. The van der Waals surface area contributed by atoms with Gasteiger partial charge in [-0.05, 0) is 48.9 Å². The van der Waals surface area contributed by atoms with Crippen LogP contribution in [0.25, 0.3) is 11.0 Å². The summed E-state index contributed by atoms with van der Waals surface area (Å²) in [5, 5.41) is 10.7. The molecule has 0 saturated carbocycles. The van der Waals surface area contributed by atoms with Gasteiger partial charge in [-0.25, -0.2) is 9.37 Å². The molecule has 1 aromatic heterocycles. The molecule has 0 aliphatic heterocycles. The van der Waals surface area contributed by atoms with Crippen LogP contribution in [-0.4, -0.2) is 14.7 Å². The van der Waals surface area contributed by atoms with E-state index in [0.717, 1.165) is 22.6 Å². The van der Waals surface area contributed by atoms with Crippen LogP contribution in [0.15, 0.2) is 78.9 Å². The van der Waals surface area contributed by atoms with E-state index in [1.807, 2.05) is 66.1 Å². The van der Waals surface area contributed by atoms with E-state index in [1.165, 1.54) is 12.1 Å². The number of fused-ring (bicyclic) bond motifs is 1. The van der Waals surface area contributed by atoms with E-state index in [9.17, 15) is 9.50 Å². The van der Waals surface area contributed by atoms with Gasteiger partial charge in [-0.1, -0.05) is 42.5 Å². The number of hydrogen-bond acceptors (Lipinski definition) is 3. The summed E-state index contributed by atoms with van der Waals surface area (Å²) in [4.78, 5) is 4.74. The summed E-state index contributed by atoms with van der Waals surface area (Å²) in [5.74, 6) is 1.16. The number of imidazole rings is 1. The normalized spacial score (nSPS) is 13.4. The third-order valence-electron chi connectivity index (χ3n) is 4.71. The van der Waals surface area contributed by atoms with Crippen molar-refractivity contribution in [3.63, 3.8) is 0 Å². The molecule has 28 heavy (non-hydrogen) atoms. The van der Waals surface area contributed by atoms with Crippen molar-refractivity contribution >= 4 is 11.0 Å². The van der Waals surface area contributed by atoms with E-state index in [4.69, 9.17) is 9.72 Å². The largest absolute Gasteiger partial charge is 0.483 e. The number of nitrogens with zero attached hydrogens (tertiary/aromatic N) is 2. The van der Waals surface area contributed by atoms with Crippen LogP contribution >= 0.6 is 0 Å². The minimum atomic E-state index is -0.791. The Morgan fingerprint density at radius 2 is 1.64 bits per heavy atom. The van der Waals surface area contributed by atoms with Crippen LogP contribution in [-0.2, 0) is 6.54 Å². The number of para-hydroxylation sites is 3. The molecule has 4 nitrogen and oxygen atoms in total. The number of benzene rings is 3. The summed E-state index contributed by atoms with van der Waals surface area (Å²) in [6.07, 6.45) is -1.10. The van der Waals surface area contributed by atoms with Gasteiger partial charge in [0.2, 0.25) is 0 Å². The molecule has 0 fully saturated rings. The second kappa shape index (κ2) is 7.82. The summed E-state index contributed by atoms with van der Waals surface area (Å²) in [6.45, 7) is 2.24. The number of aromatic nitrogens is 2. The molecule has 0 unspecified atom stereocenters. The number of ether oxygens (including phenoxy) is 1. The molecule has 0 aliphatic carbocycles. The first-order valence-electron chi connectivity index (χ1n) is 9.22. The Morgan fingerprint density at radius 3 is 2.39 bits per heavy atom. The second-order valence-corrected chi connectivity index (χ2v) is 6.71. The second-order valence-electron chi connectivity index (χ2n) is 6.71. The zero-order valence-corrected chi connectivity index (χ0v) is 15.5. The number of aliphatic hydroxyl groups is 1. The highest BCUT2D eigenvalue weighted by atomic mass is 19.1.